The minimum absolute atomic E-state index is 0.0948. The summed E-state index contributed by atoms with van der Waals surface area (Å²) in [7, 11) is 1.51. The van der Waals surface area contributed by atoms with Gasteiger partial charge >= 0.3 is 0 Å². The van der Waals surface area contributed by atoms with Crippen LogP contribution in [0.5, 0.6) is 5.88 Å². The number of aromatic nitrogens is 1. The highest BCUT2D eigenvalue weighted by Crippen LogP contribution is 2.35. The van der Waals surface area contributed by atoms with Crippen molar-refractivity contribution in [3.05, 3.63) is 17.8 Å². The first-order valence-corrected chi connectivity index (χ1v) is 8.67. The van der Waals surface area contributed by atoms with Crippen LogP contribution in [0.1, 0.15) is 31.4 Å². The molecule has 2 fully saturated rings. The average Bonchev–Trinajstić information content (AvgIpc) is 2.60. The van der Waals surface area contributed by atoms with Crippen LogP contribution in [0.15, 0.2) is 12.1 Å². The first kappa shape index (κ1) is 16.8. The number of ether oxygens (including phenoxy) is 1. The Bertz CT molecular complexity index is 660. The van der Waals surface area contributed by atoms with E-state index in [0.717, 1.165) is 25.7 Å². The number of fused-ring (bicyclic) bond motifs is 1. The lowest BCUT2D eigenvalue weighted by atomic mass is 9.75. The number of alkyl halides is 1. The SMILES string of the molecule is COc1nc(C#N)ccc1NCC1CC2CC(Cl)CCC2NC1=O. The van der Waals surface area contributed by atoms with Crippen LogP contribution in [0.3, 0.4) is 0 Å². The standard InChI is InChI=1S/C17H21ClN4O2/c1-24-17-15(5-3-13(8-19)21-17)20-9-11-6-10-7-12(18)2-4-14(10)22-16(11)23/h3,5,10-12,14,20H,2,4,6-7,9H2,1H3,(H,22,23). The lowest BCUT2D eigenvalue weighted by Crippen LogP contribution is -2.53. The van der Waals surface area contributed by atoms with Gasteiger partial charge in [0.05, 0.1) is 18.7 Å². The molecule has 0 bridgehead atoms. The molecule has 1 amide bonds. The van der Waals surface area contributed by atoms with E-state index in [-0.39, 0.29) is 23.2 Å². The number of anilines is 1. The van der Waals surface area contributed by atoms with Gasteiger partial charge in [0.15, 0.2) is 0 Å². The number of pyridine rings is 1. The molecule has 1 aromatic rings. The van der Waals surface area contributed by atoms with Gasteiger partial charge in [-0.05, 0) is 43.7 Å². The smallest absolute Gasteiger partial charge is 0.238 e. The van der Waals surface area contributed by atoms with E-state index in [4.69, 9.17) is 21.6 Å². The van der Waals surface area contributed by atoms with Crippen molar-refractivity contribution in [2.45, 2.75) is 37.1 Å². The van der Waals surface area contributed by atoms with Gasteiger partial charge in [-0.1, -0.05) is 0 Å². The molecule has 2 aliphatic rings. The number of nitrogens with zero attached hydrogens (tertiary/aromatic N) is 2. The van der Waals surface area contributed by atoms with Crippen molar-refractivity contribution >= 4 is 23.2 Å². The fourth-order valence-electron chi connectivity index (χ4n) is 3.63. The number of methoxy groups -OCH3 is 1. The molecule has 2 N–H and O–H groups in total. The molecule has 1 aliphatic heterocycles. The van der Waals surface area contributed by atoms with E-state index in [1.54, 1.807) is 12.1 Å². The number of halogens is 1. The normalized spacial score (nSPS) is 29.1. The summed E-state index contributed by atoms with van der Waals surface area (Å²) >= 11 is 6.28. The molecule has 3 rings (SSSR count). The molecule has 4 atom stereocenters. The van der Waals surface area contributed by atoms with Crippen molar-refractivity contribution in [1.29, 1.82) is 5.26 Å². The van der Waals surface area contributed by atoms with E-state index in [1.165, 1.54) is 7.11 Å². The van der Waals surface area contributed by atoms with Crippen LogP contribution >= 0.6 is 11.6 Å². The van der Waals surface area contributed by atoms with Crippen LogP contribution in [0, 0.1) is 23.2 Å². The van der Waals surface area contributed by atoms with Crippen molar-refractivity contribution in [2.75, 3.05) is 19.0 Å². The number of nitrogens with one attached hydrogen (secondary N) is 2. The number of nitriles is 1. The lowest BCUT2D eigenvalue weighted by molar-refractivity contribution is -0.129. The Morgan fingerprint density at radius 1 is 1.46 bits per heavy atom. The number of amides is 1. The number of hydrogen-bond donors (Lipinski definition) is 2. The van der Waals surface area contributed by atoms with Crippen molar-refractivity contribution in [2.24, 2.45) is 11.8 Å². The van der Waals surface area contributed by atoms with Crippen molar-refractivity contribution < 1.29 is 9.53 Å². The quantitative estimate of drug-likeness (QED) is 0.815. The molecule has 128 valence electrons. The highest BCUT2D eigenvalue weighted by molar-refractivity contribution is 6.20. The Morgan fingerprint density at radius 3 is 3.04 bits per heavy atom. The monoisotopic (exact) mass is 348 g/mol. The van der Waals surface area contributed by atoms with Gasteiger partial charge in [0.2, 0.25) is 11.8 Å². The Morgan fingerprint density at radius 2 is 2.29 bits per heavy atom. The summed E-state index contributed by atoms with van der Waals surface area (Å²) in [5.41, 5.74) is 0.983. The summed E-state index contributed by atoms with van der Waals surface area (Å²) in [4.78, 5) is 16.4. The van der Waals surface area contributed by atoms with Gasteiger partial charge in [-0.25, -0.2) is 4.98 Å². The molecule has 0 aromatic carbocycles. The topological polar surface area (TPSA) is 87.0 Å². The van der Waals surface area contributed by atoms with Crippen LogP contribution in [0.25, 0.3) is 0 Å². The van der Waals surface area contributed by atoms with E-state index < -0.39 is 0 Å². The number of hydrogen-bond acceptors (Lipinski definition) is 5. The fraction of sp³-hybridized carbons (Fsp3) is 0.588. The van der Waals surface area contributed by atoms with Crippen LogP contribution < -0.4 is 15.4 Å². The molecule has 4 unspecified atom stereocenters. The zero-order valence-electron chi connectivity index (χ0n) is 13.6. The first-order valence-electron chi connectivity index (χ1n) is 8.24. The summed E-state index contributed by atoms with van der Waals surface area (Å²) in [6, 6.07) is 5.63. The minimum Gasteiger partial charge on any atom is -0.479 e. The molecule has 0 radical (unpaired) electrons. The average molecular weight is 349 g/mol. The third-order valence-electron chi connectivity index (χ3n) is 4.91. The van der Waals surface area contributed by atoms with Crippen LogP contribution in [0.2, 0.25) is 0 Å². The van der Waals surface area contributed by atoms with Crippen LogP contribution in [0.4, 0.5) is 5.69 Å². The van der Waals surface area contributed by atoms with E-state index in [9.17, 15) is 4.79 Å². The number of carbonyl (C=O) groups excluding carboxylic acids is 1. The molecular weight excluding hydrogens is 328 g/mol. The zero-order chi connectivity index (χ0) is 17.1. The summed E-state index contributed by atoms with van der Waals surface area (Å²) in [5.74, 6) is 0.805. The molecule has 7 heteroatoms. The van der Waals surface area contributed by atoms with Gasteiger partial charge in [0.25, 0.3) is 0 Å². The number of carbonyl (C=O) groups is 1. The molecule has 24 heavy (non-hydrogen) atoms. The Hall–Kier alpha value is -2.00. The third-order valence-corrected chi connectivity index (χ3v) is 5.31. The van der Waals surface area contributed by atoms with Crippen molar-refractivity contribution in [3.8, 4) is 11.9 Å². The van der Waals surface area contributed by atoms with E-state index in [0.29, 0.717) is 29.7 Å². The van der Waals surface area contributed by atoms with Gasteiger partial charge in [-0.2, -0.15) is 5.26 Å². The largest absolute Gasteiger partial charge is 0.479 e. The maximum atomic E-state index is 12.3. The minimum atomic E-state index is -0.103. The molecule has 1 aromatic heterocycles. The first-order chi connectivity index (χ1) is 11.6. The molecule has 1 saturated carbocycles. The van der Waals surface area contributed by atoms with E-state index in [1.807, 2.05) is 6.07 Å². The Balaban J connectivity index is 1.64. The predicted molar refractivity (Wildman–Crippen MR) is 91.0 cm³/mol. The lowest BCUT2D eigenvalue weighted by Gasteiger charge is -2.41. The highest BCUT2D eigenvalue weighted by atomic mass is 35.5. The summed E-state index contributed by atoms with van der Waals surface area (Å²) in [6.07, 6.45) is 3.75. The fourth-order valence-corrected chi connectivity index (χ4v) is 3.99. The zero-order valence-corrected chi connectivity index (χ0v) is 14.3. The van der Waals surface area contributed by atoms with Gasteiger partial charge in [0.1, 0.15) is 11.8 Å². The summed E-state index contributed by atoms with van der Waals surface area (Å²) < 4.78 is 5.21. The molecule has 2 heterocycles. The predicted octanol–water partition coefficient (Wildman–Crippen LogP) is 2.29. The molecule has 0 spiro atoms. The van der Waals surface area contributed by atoms with Gasteiger partial charge in [-0.3, -0.25) is 4.79 Å². The molecular formula is C17H21ClN4O2. The second-order valence-electron chi connectivity index (χ2n) is 6.46. The van der Waals surface area contributed by atoms with E-state index >= 15 is 0 Å². The van der Waals surface area contributed by atoms with Crippen LogP contribution in [-0.4, -0.2) is 36.0 Å². The summed E-state index contributed by atoms with van der Waals surface area (Å²) in [5, 5.41) is 15.5. The maximum absolute atomic E-state index is 12.3. The number of rotatable bonds is 4. The number of piperidine rings is 1. The van der Waals surface area contributed by atoms with Crippen LogP contribution in [-0.2, 0) is 4.79 Å². The van der Waals surface area contributed by atoms with Gasteiger partial charge in [-0.15, -0.1) is 11.6 Å². The Kier molecular flexibility index (Phi) is 5.10. The van der Waals surface area contributed by atoms with E-state index in [2.05, 4.69) is 15.6 Å². The molecule has 1 saturated heterocycles. The third kappa shape index (κ3) is 3.57. The second kappa shape index (κ2) is 7.27. The summed E-state index contributed by atoms with van der Waals surface area (Å²) in [6.45, 7) is 0.506. The maximum Gasteiger partial charge on any atom is 0.238 e. The second-order valence-corrected chi connectivity index (χ2v) is 7.08. The van der Waals surface area contributed by atoms with Crippen molar-refractivity contribution in [3.63, 3.8) is 0 Å². The van der Waals surface area contributed by atoms with Gasteiger partial charge in [0, 0.05) is 18.0 Å². The molecule has 1 aliphatic carbocycles. The van der Waals surface area contributed by atoms with Crippen molar-refractivity contribution in [1.82, 2.24) is 10.3 Å². The van der Waals surface area contributed by atoms with Gasteiger partial charge < -0.3 is 15.4 Å². The molecule has 6 nitrogen and oxygen atoms in total. The Labute approximate surface area is 146 Å². The highest BCUT2D eigenvalue weighted by Gasteiger charge is 2.38.